The number of aryl methyl sites for hydroxylation is 2. The summed E-state index contributed by atoms with van der Waals surface area (Å²) >= 11 is 0. The molecule has 4 heteroatoms. The third-order valence-corrected chi connectivity index (χ3v) is 7.02. The molecule has 32 heavy (non-hydrogen) atoms. The topological polar surface area (TPSA) is 16.3 Å². The van der Waals surface area contributed by atoms with Gasteiger partial charge in [0.1, 0.15) is 11.6 Å². The minimum absolute atomic E-state index is 1.22. The second-order valence-electron chi connectivity index (χ2n) is 9.40. The van der Waals surface area contributed by atoms with Crippen LogP contribution >= 0.6 is 0 Å². The van der Waals surface area contributed by atoms with Crippen molar-refractivity contribution in [2.75, 3.05) is 38.0 Å². The van der Waals surface area contributed by atoms with Gasteiger partial charge in [-0.1, -0.05) is 24.3 Å². The van der Waals surface area contributed by atoms with Gasteiger partial charge in [0.15, 0.2) is 0 Å². The van der Waals surface area contributed by atoms with E-state index in [1.54, 1.807) is 0 Å². The van der Waals surface area contributed by atoms with Gasteiger partial charge < -0.3 is 18.9 Å². The Morgan fingerprint density at radius 2 is 0.875 bits per heavy atom. The van der Waals surface area contributed by atoms with Gasteiger partial charge in [0, 0.05) is 53.1 Å². The van der Waals surface area contributed by atoms with E-state index < -0.39 is 0 Å². The lowest BCUT2D eigenvalue weighted by atomic mass is 9.95. The largest absolute Gasteiger partial charge is 0.364 e. The smallest absolute Gasteiger partial charge is 0.108 e. The zero-order valence-electron chi connectivity index (χ0n) is 19.6. The van der Waals surface area contributed by atoms with Crippen molar-refractivity contribution in [3.05, 3.63) is 60.7 Å². The second kappa shape index (κ2) is 6.42. The van der Waals surface area contributed by atoms with Gasteiger partial charge in [-0.3, -0.25) is 0 Å². The summed E-state index contributed by atoms with van der Waals surface area (Å²) in [6, 6.07) is 23.1. The van der Waals surface area contributed by atoms with Crippen molar-refractivity contribution in [2.45, 2.75) is 0 Å². The Morgan fingerprint density at radius 1 is 0.469 bits per heavy atom. The number of aromatic nitrogens is 2. The second-order valence-corrected chi connectivity index (χ2v) is 9.40. The summed E-state index contributed by atoms with van der Waals surface area (Å²) in [6.45, 7) is 0. The molecule has 0 saturated carbocycles. The molecule has 0 unspecified atom stereocenters. The first-order valence-corrected chi connectivity index (χ1v) is 11.1. The van der Waals surface area contributed by atoms with E-state index in [2.05, 4.69) is 122 Å². The fourth-order valence-corrected chi connectivity index (χ4v) is 5.37. The molecule has 2 aromatic heterocycles. The summed E-state index contributed by atoms with van der Waals surface area (Å²) in [5, 5.41) is 10.4. The van der Waals surface area contributed by atoms with Crippen molar-refractivity contribution in [1.82, 2.24) is 9.13 Å². The predicted molar refractivity (Wildman–Crippen MR) is 141 cm³/mol. The Balaban J connectivity index is 1.68. The van der Waals surface area contributed by atoms with Crippen molar-refractivity contribution in [3.8, 4) is 0 Å². The SMILES string of the molecule is CN(C)c1cc2cc3c(ccc4c5cc6cc(N(C)C)n(C)c6cc5ccc34)cc2n1C. The van der Waals surface area contributed by atoms with Gasteiger partial charge in [0.05, 0.1) is 11.0 Å². The monoisotopic (exact) mass is 420 g/mol. The molecule has 0 radical (unpaired) electrons. The Labute approximate surface area is 187 Å². The molecule has 4 aromatic carbocycles. The summed E-state index contributed by atoms with van der Waals surface area (Å²) in [4.78, 5) is 4.34. The Kier molecular flexibility index (Phi) is 3.83. The third kappa shape index (κ3) is 2.49. The van der Waals surface area contributed by atoms with Gasteiger partial charge in [0.25, 0.3) is 0 Å². The highest BCUT2D eigenvalue weighted by Crippen LogP contribution is 2.37. The molecule has 4 nitrogen and oxygen atoms in total. The lowest BCUT2D eigenvalue weighted by Gasteiger charge is -2.13. The highest BCUT2D eigenvalue weighted by atomic mass is 15.2. The van der Waals surface area contributed by atoms with Crippen LogP contribution in [0.2, 0.25) is 0 Å². The van der Waals surface area contributed by atoms with Gasteiger partial charge in [-0.05, 0) is 68.7 Å². The number of fused-ring (bicyclic) bond motifs is 7. The number of benzene rings is 4. The third-order valence-electron chi connectivity index (χ3n) is 7.02. The van der Waals surface area contributed by atoms with Crippen LogP contribution in [0.5, 0.6) is 0 Å². The molecule has 0 spiro atoms. The molecule has 2 heterocycles. The summed E-state index contributed by atoms with van der Waals surface area (Å²) < 4.78 is 4.54. The molecule has 0 amide bonds. The quantitative estimate of drug-likeness (QED) is 0.307. The van der Waals surface area contributed by atoms with Crippen molar-refractivity contribution < 1.29 is 0 Å². The Bertz CT molecular complexity index is 1570. The average Bonchev–Trinajstić information content (AvgIpc) is 3.27. The average molecular weight is 421 g/mol. The molecule has 0 bridgehead atoms. The van der Waals surface area contributed by atoms with E-state index in [9.17, 15) is 0 Å². The van der Waals surface area contributed by atoms with E-state index in [1.165, 1.54) is 65.8 Å². The fourth-order valence-electron chi connectivity index (χ4n) is 5.37. The standard InChI is InChI=1S/C28H28N4/c1-29(2)27-15-19-11-23-17(13-25(19)31(27)5)7-9-22-21(23)10-8-18-14-26-20(12-24(18)22)16-28(30(3)4)32(26)6/h7-16H,1-6H3. The van der Waals surface area contributed by atoms with Crippen LogP contribution in [-0.4, -0.2) is 37.3 Å². The molecule has 0 aliphatic carbocycles. The number of nitrogens with zero attached hydrogens (tertiary/aromatic N) is 4. The summed E-state index contributed by atoms with van der Waals surface area (Å²) in [5.74, 6) is 2.43. The van der Waals surface area contributed by atoms with Gasteiger partial charge in [-0.2, -0.15) is 0 Å². The maximum Gasteiger partial charge on any atom is 0.108 e. The van der Waals surface area contributed by atoms with Crippen LogP contribution in [0.1, 0.15) is 0 Å². The molecule has 0 fully saturated rings. The van der Waals surface area contributed by atoms with Crippen LogP contribution in [0.3, 0.4) is 0 Å². The first-order chi connectivity index (χ1) is 15.3. The number of hydrogen-bond donors (Lipinski definition) is 0. The molecular weight excluding hydrogens is 392 g/mol. The van der Waals surface area contributed by atoms with E-state index in [0.717, 1.165) is 0 Å². The van der Waals surface area contributed by atoms with Crippen LogP contribution in [0, 0.1) is 0 Å². The maximum absolute atomic E-state index is 2.36. The number of anilines is 2. The minimum Gasteiger partial charge on any atom is -0.364 e. The molecular formula is C28H28N4. The van der Waals surface area contributed by atoms with Crippen LogP contribution in [0.4, 0.5) is 11.6 Å². The summed E-state index contributed by atoms with van der Waals surface area (Å²) in [6.07, 6.45) is 0. The van der Waals surface area contributed by atoms with Gasteiger partial charge in [-0.25, -0.2) is 0 Å². The van der Waals surface area contributed by atoms with E-state index in [-0.39, 0.29) is 0 Å². The normalized spacial score (nSPS) is 12.1. The number of rotatable bonds is 2. The van der Waals surface area contributed by atoms with Crippen LogP contribution in [-0.2, 0) is 14.1 Å². The molecule has 0 N–H and O–H groups in total. The molecule has 0 atom stereocenters. The minimum atomic E-state index is 1.22. The van der Waals surface area contributed by atoms with Crippen molar-refractivity contribution in [3.63, 3.8) is 0 Å². The molecule has 160 valence electrons. The molecule has 0 saturated heterocycles. The molecule has 0 aliphatic rings. The molecule has 6 rings (SSSR count). The maximum atomic E-state index is 2.36. The zero-order chi connectivity index (χ0) is 22.3. The lowest BCUT2D eigenvalue weighted by Crippen LogP contribution is -2.12. The number of hydrogen-bond acceptors (Lipinski definition) is 2. The van der Waals surface area contributed by atoms with Crippen molar-refractivity contribution in [1.29, 1.82) is 0 Å². The fraction of sp³-hybridized carbons (Fsp3) is 0.214. The Hall–Kier alpha value is -3.66. The van der Waals surface area contributed by atoms with E-state index in [1.807, 2.05) is 0 Å². The first-order valence-electron chi connectivity index (χ1n) is 11.1. The van der Waals surface area contributed by atoms with Gasteiger partial charge in [-0.15, -0.1) is 0 Å². The summed E-state index contributed by atoms with van der Waals surface area (Å²) in [7, 11) is 12.7. The van der Waals surface area contributed by atoms with Crippen LogP contribution < -0.4 is 9.80 Å². The van der Waals surface area contributed by atoms with Crippen LogP contribution in [0.25, 0.3) is 54.1 Å². The van der Waals surface area contributed by atoms with Crippen molar-refractivity contribution >= 4 is 65.8 Å². The van der Waals surface area contributed by atoms with E-state index in [0.29, 0.717) is 0 Å². The van der Waals surface area contributed by atoms with Gasteiger partial charge in [0.2, 0.25) is 0 Å². The molecule has 6 aromatic rings. The van der Waals surface area contributed by atoms with E-state index in [4.69, 9.17) is 0 Å². The zero-order valence-corrected chi connectivity index (χ0v) is 19.6. The predicted octanol–water partition coefficient (Wildman–Crippen LogP) is 6.26. The molecule has 0 aliphatic heterocycles. The van der Waals surface area contributed by atoms with E-state index >= 15 is 0 Å². The van der Waals surface area contributed by atoms with Crippen LogP contribution in [0.15, 0.2) is 60.7 Å². The summed E-state index contributed by atoms with van der Waals surface area (Å²) in [5.41, 5.74) is 2.53. The van der Waals surface area contributed by atoms with Gasteiger partial charge >= 0.3 is 0 Å². The first kappa shape index (κ1) is 19.1. The van der Waals surface area contributed by atoms with Crippen molar-refractivity contribution in [2.24, 2.45) is 14.1 Å². The lowest BCUT2D eigenvalue weighted by molar-refractivity contribution is 0.916. The highest BCUT2D eigenvalue weighted by molar-refractivity contribution is 6.20. The Morgan fingerprint density at radius 3 is 1.25 bits per heavy atom. The highest BCUT2D eigenvalue weighted by Gasteiger charge is 2.13.